The summed E-state index contributed by atoms with van der Waals surface area (Å²) in [5, 5.41) is 64.4. The Labute approximate surface area is 696 Å². The fraction of sp³-hybridized carbons (Fsp3) is 0.312. The van der Waals surface area contributed by atoms with E-state index in [0.717, 1.165) is 89.7 Å². The molecule has 8 atom stereocenters. The fourth-order valence-electron chi connectivity index (χ4n) is 12.5. The molecule has 0 spiro atoms. The van der Waals surface area contributed by atoms with Gasteiger partial charge in [0.2, 0.25) is 30.7 Å². The number of hydrogen-bond acceptors (Lipinski definition) is 18. The van der Waals surface area contributed by atoms with E-state index in [-0.39, 0.29) is 100.0 Å². The van der Waals surface area contributed by atoms with Gasteiger partial charge in [0, 0.05) is 101 Å². The van der Waals surface area contributed by atoms with Crippen LogP contribution in [0.4, 0.5) is 0 Å². The molecule has 10 rings (SSSR count). The molecule has 23 nitrogen and oxygen atoms in total. The van der Waals surface area contributed by atoms with E-state index in [9.17, 15) is 69.7 Å². The second-order valence-electron chi connectivity index (χ2n) is 28.8. The number of nitro groups is 5. The molecule has 0 aliphatic carbocycles. The maximum atomic E-state index is 11.7. The van der Waals surface area contributed by atoms with Crippen LogP contribution in [0.2, 0.25) is 0 Å². The summed E-state index contributed by atoms with van der Waals surface area (Å²) in [7, 11) is 0. The number of esters is 3. The molecule has 0 saturated heterocycles. The summed E-state index contributed by atoms with van der Waals surface area (Å²) in [5.41, 5.74) is 16.2. The van der Waals surface area contributed by atoms with Gasteiger partial charge in [0.25, 0.3) is 0 Å². The van der Waals surface area contributed by atoms with Crippen LogP contribution in [0.15, 0.2) is 285 Å². The molecule has 0 aliphatic heterocycles. The van der Waals surface area contributed by atoms with Gasteiger partial charge in [0.1, 0.15) is 6.29 Å². The van der Waals surface area contributed by atoms with Gasteiger partial charge in [-0.3, -0.25) is 60.2 Å². The SMILES string of the molecule is C=C(C)C(=O)OCC.CC(C=O)CC(Cc1ccc(-c2ccccc2)cc1)[N+](=O)[O-].CC(CO)CC(Cc1ccc(-c2ccccc2)cc1)[N+](=O)[O-].CCOC(=O)C(C)CC(Cc1ccc(-c2ccccc2)cc1)[N+](=O)[O-].CCOC(=O)C(C)CC(Cc1ccc(-c2ccccc2)cc1)[N+](=O)[O-].O=[N+]([O-])CCc1ccc(-c2ccccc2)cc1. The maximum Gasteiger partial charge on any atom is 0.333 e. The Morgan fingerprint density at radius 3 is 0.807 bits per heavy atom. The highest BCUT2D eigenvalue weighted by atomic mass is 16.6. The van der Waals surface area contributed by atoms with Crippen LogP contribution in [0.25, 0.3) is 55.6 Å². The average Bonchev–Trinajstić information content (AvgIpc) is 0.875. The third kappa shape index (κ3) is 36.4. The Hall–Kier alpha value is -13.0. The topological polar surface area (TPSA) is 332 Å². The molecule has 0 heterocycles. The molecule has 10 aromatic rings. The Morgan fingerprint density at radius 2 is 0.597 bits per heavy atom. The lowest BCUT2D eigenvalue weighted by atomic mass is 9.95. The van der Waals surface area contributed by atoms with Crippen LogP contribution < -0.4 is 0 Å². The molecule has 23 heteroatoms. The lowest BCUT2D eigenvalue weighted by Crippen LogP contribution is -2.28. The lowest BCUT2D eigenvalue weighted by Gasteiger charge is -2.14. The number of aldehydes is 1. The average molecular weight is 1620 g/mol. The van der Waals surface area contributed by atoms with E-state index in [1.807, 2.05) is 280 Å². The van der Waals surface area contributed by atoms with Crippen molar-refractivity contribution < 1.29 is 63.1 Å². The first-order valence-electron chi connectivity index (χ1n) is 39.7. The number of aliphatic hydroxyl groups is 1. The number of rotatable bonds is 36. The van der Waals surface area contributed by atoms with Crippen molar-refractivity contribution in [2.75, 3.05) is 33.0 Å². The molecule has 626 valence electrons. The maximum absolute atomic E-state index is 11.7. The Kier molecular flexibility index (Phi) is 43.2. The minimum absolute atomic E-state index is 0.00924. The highest BCUT2D eigenvalue weighted by Gasteiger charge is 2.30. The quantitative estimate of drug-likeness (QED) is 0.00952. The normalized spacial score (nSPS) is 12.4. The summed E-state index contributed by atoms with van der Waals surface area (Å²) in [6, 6.07) is 86.1. The van der Waals surface area contributed by atoms with E-state index in [0.29, 0.717) is 50.7 Å². The molecular weight excluding hydrogens is 1510 g/mol. The van der Waals surface area contributed by atoms with Crippen LogP contribution in [0.3, 0.4) is 0 Å². The monoisotopic (exact) mass is 1620 g/mol. The van der Waals surface area contributed by atoms with Gasteiger partial charge in [-0.1, -0.05) is 307 Å². The molecule has 0 bridgehead atoms. The van der Waals surface area contributed by atoms with Crippen molar-refractivity contribution in [1.29, 1.82) is 0 Å². The number of nitrogens with zero attached hydrogens (tertiary/aromatic N) is 5. The summed E-state index contributed by atoms with van der Waals surface area (Å²) in [5.74, 6) is -2.40. The van der Waals surface area contributed by atoms with E-state index < -0.39 is 36.0 Å². The van der Waals surface area contributed by atoms with Crippen LogP contribution in [0.5, 0.6) is 0 Å². The highest BCUT2D eigenvalue weighted by Crippen LogP contribution is 2.28. The number of ether oxygens (including phenoxy) is 3. The summed E-state index contributed by atoms with van der Waals surface area (Å²) < 4.78 is 14.4. The van der Waals surface area contributed by atoms with Crippen molar-refractivity contribution in [3.8, 4) is 55.6 Å². The molecule has 8 unspecified atom stereocenters. The molecule has 0 aromatic heterocycles. The first-order valence-corrected chi connectivity index (χ1v) is 39.7. The molecular formula is C96H109N5O18. The van der Waals surface area contributed by atoms with Gasteiger partial charge in [-0.2, -0.15) is 0 Å². The van der Waals surface area contributed by atoms with E-state index in [1.54, 1.807) is 48.5 Å². The third-order valence-electron chi connectivity index (χ3n) is 19.1. The molecule has 10 aromatic carbocycles. The van der Waals surface area contributed by atoms with E-state index in [1.165, 1.54) is 0 Å². The largest absolute Gasteiger partial charge is 0.466 e. The van der Waals surface area contributed by atoms with E-state index in [4.69, 9.17) is 14.6 Å². The minimum atomic E-state index is -0.804. The highest BCUT2D eigenvalue weighted by molar-refractivity contribution is 5.87. The van der Waals surface area contributed by atoms with Gasteiger partial charge < -0.3 is 24.1 Å². The van der Waals surface area contributed by atoms with Crippen LogP contribution in [-0.2, 0) is 65.5 Å². The van der Waals surface area contributed by atoms with Crippen molar-refractivity contribution in [3.63, 3.8) is 0 Å². The molecule has 0 amide bonds. The van der Waals surface area contributed by atoms with Gasteiger partial charge in [-0.05, 0) is 117 Å². The Bertz CT molecular complexity index is 4580. The van der Waals surface area contributed by atoms with Gasteiger partial charge >= 0.3 is 17.9 Å². The first-order chi connectivity index (χ1) is 57.1. The molecule has 0 radical (unpaired) electrons. The first kappa shape index (κ1) is 96.6. The molecule has 119 heavy (non-hydrogen) atoms. The predicted molar refractivity (Wildman–Crippen MR) is 466 cm³/mol. The second-order valence-corrected chi connectivity index (χ2v) is 28.8. The van der Waals surface area contributed by atoms with E-state index in [2.05, 4.69) is 11.3 Å². The van der Waals surface area contributed by atoms with Crippen LogP contribution >= 0.6 is 0 Å². The fourth-order valence-corrected chi connectivity index (χ4v) is 12.5. The predicted octanol–water partition coefficient (Wildman–Crippen LogP) is 19.9. The number of benzene rings is 10. The zero-order valence-electron chi connectivity index (χ0n) is 68.9. The van der Waals surface area contributed by atoms with Crippen molar-refractivity contribution in [2.24, 2.45) is 23.7 Å². The standard InChI is InChI=1S/2C20H23NO4.C18H21NO3.C18H19NO3.C14H13NO2.C6H10O2/c2*1-3-25-20(22)15(2)13-19(21(23)24)14-16-9-11-18(12-10-16)17-7-5-4-6-8-17;2*1-14(13-20)11-18(19(21)22)12-15-7-9-17(10-8-15)16-5-3-2-4-6-16;16-15(17)11-10-12-6-8-14(9-7-12)13-4-2-1-3-5-13;1-4-8-6(7)5(2)3/h2*4-12,15,19H,3,13-14H2,1-2H3;2-10,14,18,20H,11-13H2,1H3;2-10,13-14,18H,11-12H2,1H3;1-9H,10-11H2;2,4H2,1,3H3. The molecule has 0 aliphatic rings. The summed E-state index contributed by atoms with van der Waals surface area (Å²) in [6.07, 6.45) is 3.61. The van der Waals surface area contributed by atoms with Crippen molar-refractivity contribution >= 4 is 24.2 Å². The van der Waals surface area contributed by atoms with Crippen molar-refractivity contribution in [3.05, 3.63) is 364 Å². The molecule has 0 saturated carbocycles. The van der Waals surface area contributed by atoms with Crippen molar-refractivity contribution in [1.82, 2.24) is 0 Å². The number of carbonyl (C=O) groups is 4. The van der Waals surface area contributed by atoms with Gasteiger partial charge in [-0.15, -0.1) is 0 Å². The van der Waals surface area contributed by atoms with Crippen LogP contribution in [0.1, 0.15) is 109 Å². The van der Waals surface area contributed by atoms with Gasteiger partial charge in [-0.25, -0.2) is 4.79 Å². The summed E-state index contributed by atoms with van der Waals surface area (Å²) >= 11 is 0. The molecule has 0 fully saturated rings. The van der Waals surface area contributed by atoms with Gasteiger partial charge in [0.15, 0.2) is 0 Å². The second kappa shape index (κ2) is 53.3. The number of hydrogen-bond donors (Lipinski definition) is 1. The lowest BCUT2D eigenvalue weighted by molar-refractivity contribution is -0.524. The summed E-state index contributed by atoms with van der Waals surface area (Å²) in [4.78, 5) is 98.4. The Morgan fingerprint density at radius 1 is 0.361 bits per heavy atom. The zero-order valence-corrected chi connectivity index (χ0v) is 68.9. The van der Waals surface area contributed by atoms with E-state index >= 15 is 0 Å². The number of carbonyl (C=O) groups excluding carboxylic acids is 4. The van der Waals surface area contributed by atoms with Crippen molar-refractivity contribution in [2.45, 2.75) is 137 Å². The van der Waals surface area contributed by atoms with Gasteiger partial charge in [0.05, 0.1) is 31.7 Å². The number of aliphatic hydroxyl groups excluding tert-OH is 1. The smallest absolute Gasteiger partial charge is 0.333 e. The third-order valence-corrected chi connectivity index (χ3v) is 19.1. The molecule has 1 N–H and O–H groups in total. The minimum Gasteiger partial charge on any atom is -0.466 e. The van der Waals surface area contributed by atoms with Crippen LogP contribution in [0, 0.1) is 74.2 Å². The zero-order chi connectivity index (χ0) is 87.0. The van der Waals surface area contributed by atoms with Crippen LogP contribution in [-0.4, -0.2) is 111 Å². The Balaban J connectivity index is 0.000000260. The summed E-state index contributed by atoms with van der Waals surface area (Å²) in [6.45, 7) is 18.1.